The van der Waals surface area contributed by atoms with Gasteiger partial charge in [-0.25, -0.2) is 0 Å². The number of carbonyl (C=O) groups is 3. The fraction of sp³-hybridized carbons (Fsp3) is 0.864. The van der Waals surface area contributed by atoms with Gasteiger partial charge in [-0.2, -0.15) is 0 Å². The van der Waals surface area contributed by atoms with Crippen molar-refractivity contribution in [1.82, 2.24) is 10.2 Å². The van der Waals surface area contributed by atoms with Gasteiger partial charge in [-0.1, -0.05) is 26.2 Å². The third-order valence-corrected chi connectivity index (χ3v) is 9.64. The predicted octanol–water partition coefficient (Wildman–Crippen LogP) is 1.72. The molecule has 7 nitrogen and oxygen atoms in total. The Labute approximate surface area is 182 Å². The van der Waals surface area contributed by atoms with Gasteiger partial charge in [-0.15, -0.1) is 11.8 Å². The van der Waals surface area contributed by atoms with E-state index < -0.39 is 22.6 Å². The molecule has 1 aliphatic carbocycles. The lowest BCUT2D eigenvalue weighted by molar-refractivity contribution is -0.154. The van der Waals surface area contributed by atoms with Crippen LogP contribution in [0.3, 0.4) is 0 Å². The van der Waals surface area contributed by atoms with Gasteiger partial charge in [0.2, 0.25) is 11.8 Å². The molecule has 1 spiro atoms. The highest BCUT2D eigenvalue weighted by molar-refractivity contribution is 8.02. The van der Waals surface area contributed by atoms with E-state index in [0.717, 1.165) is 32.1 Å². The first kappa shape index (κ1) is 21.9. The first-order chi connectivity index (χ1) is 14.5. The van der Waals surface area contributed by atoms with Gasteiger partial charge in [0.05, 0.1) is 23.2 Å². The summed E-state index contributed by atoms with van der Waals surface area (Å²) in [7, 11) is 0. The molecular formula is C22H34N2O5S. The van der Waals surface area contributed by atoms with Crippen LogP contribution < -0.4 is 5.32 Å². The van der Waals surface area contributed by atoms with Gasteiger partial charge in [0.1, 0.15) is 6.04 Å². The van der Waals surface area contributed by atoms with E-state index in [4.69, 9.17) is 4.74 Å². The maximum Gasteiger partial charge on any atom is 0.310 e. The van der Waals surface area contributed by atoms with Crippen LogP contribution in [0.2, 0.25) is 0 Å². The van der Waals surface area contributed by atoms with Crippen LogP contribution in [0.4, 0.5) is 0 Å². The molecule has 2 amide bonds. The van der Waals surface area contributed by atoms with E-state index in [2.05, 4.69) is 12.2 Å². The van der Waals surface area contributed by atoms with Crippen LogP contribution in [-0.2, 0) is 19.1 Å². The fourth-order valence-electron chi connectivity index (χ4n) is 6.33. The number of thioether (sulfide) groups is 1. The second-order valence-electron chi connectivity index (χ2n) is 9.26. The first-order valence-corrected chi connectivity index (χ1v) is 12.4. The maximum atomic E-state index is 13.6. The SMILES string of the molecule is CCOC(=O)[C@@H]1[C@@H]2CC(C)C3(S2)C(C(=O)NC2CCCCC2)N(CCCO)C(=O)[C@H]13. The monoisotopic (exact) mass is 438 g/mol. The van der Waals surface area contributed by atoms with Gasteiger partial charge in [0.25, 0.3) is 0 Å². The molecule has 0 aromatic rings. The van der Waals surface area contributed by atoms with Crippen LogP contribution in [0.1, 0.15) is 58.8 Å². The van der Waals surface area contributed by atoms with Crippen molar-refractivity contribution in [3.05, 3.63) is 0 Å². The summed E-state index contributed by atoms with van der Waals surface area (Å²) in [5.74, 6) is -1.35. The third-order valence-electron chi connectivity index (χ3n) is 7.56. The molecule has 3 saturated heterocycles. The molecule has 0 aromatic carbocycles. The molecule has 0 aromatic heterocycles. The van der Waals surface area contributed by atoms with Crippen molar-refractivity contribution in [3.63, 3.8) is 0 Å². The molecular weight excluding hydrogens is 404 g/mol. The molecule has 2 bridgehead atoms. The number of rotatable bonds is 7. The summed E-state index contributed by atoms with van der Waals surface area (Å²) < 4.78 is 4.75. The van der Waals surface area contributed by atoms with E-state index >= 15 is 0 Å². The Morgan fingerprint density at radius 3 is 2.70 bits per heavy atom. The van der Waals surface area contributed by atoms with Crippen LogP contribution in [0.5, 0.6) is 0 Å². The molecule has 0 radical (unpaired) electrons. The van der Waals surface area contributed by atoms with E-state index in [1.807, 2.05) is 0 Å². The predicted molar refractivity (Wildman–Crippen MR) is 114 cm³/mol. The number of fused-ring (bicyclic) bond motifs is 1. The molecule has 168 valence electrons. The number of carbonyl (C=O) groups excluding carboxylic acids is 3. The molecule has 4 aliphatic rings. The Kier molecular flexibility index (Phi) is 6.35. The summed E-state index contributed by atoms with van der Waals surface area (Å²) in [6, 6.07) is -0.427. The van der Waals surface area contributed by atoms with Crippen LogP contribution >= 0.6 is 11.8 Å². The van der Waals surface area contributed by atoms with Gasteiger partial charge in [-0.3, -0.25) is 14.4 Å². The number of likely N-dealkylation sites (tertiary alicyclic amines) is 1. The molecule has 4 fully saturated rings. The smallest absolute Gasteiger partial charge is 0.310 e. The Hall–Kier alpha value is -1.28. The van der Waals surface area contributed by atoms with Gasteiger partial charge in [0, 0.05) is 24.4 Å². The van der Waals surface area contributed by atoms with Crippen molar-refractivity contribution >= 4 is 29.5 Å². The largest absolute Gasteiger partial charge is 0.466 e. The average molecular weight is 439 g/mol. The van der Waals surface area contributed by atoms with E-state index in [1.165, 1.54) is 6.42 Å². The Morgan fingerprint density at radius 1 is 1.30 bits per heavy atom. The first-order valence-electron chi connectivity index (χ1n) is 11.5. The minimum Gasteiger partial charge on any atom is -0.466 e. The average Bonchev–Trinajstić information content (AvgIpc) is 3.31. The minimum absolute atomic E-state index is 0.0259. The molecule has 1 saturated carbocycles. The van der Waals surface area contributed by atoms with Gasteiger partial charge < -0.3 is 20.1 Å². The summed E-state index contributed by atoms with van der Waals surface area (Å²) in [5.41, 5.74) is 0. The number of esters is 1. The normalized spacial score (nSPS) is 38.0. The zero-order valence-corrected chi connectivity index (χ0v) is 18.8. The topological polar surface area (TPSA) is 95.9 Å². The Balaban J connectivity index is 1.66. The standard InChI is InChI=1S/C22H34N2O5S/c1-3-29-21(28)16-15-12-13(2)22(30-15)17(16)20(27)24(10-7-11-25)18(22)19(26)23-14-8-5-4-6-9-14/h13-18,25H,3-12H2,1-2H3,(H,23,26)/t13?,15-,16+,17-,18?,22?/m0/s1. The molecule has 4 rings (SSSR count). The van der Waals surface area contributed by atoms with Crippen LogP contribution in [-0.4, -0.2) is 69.6 Å². The van der Waals surface area contributed by atoms with E-state index in [-0.39, 0.29) is 48.2 Å². The number of aliphatic hydroxyl groups excluding tert-OH is 1. The minimum atomic E-state index is -0.590. The van der Waals surface area contributed by atoms with Crippen molar-refractivity contribution in [2.24, 2.45) is 17.8 Å². The van der Waals surface area contributed by atoms with Gasteiger partial charge in [-0.05, 0) is 38.5 Å². The number of nitrogens with zero attached hydrogens (tertiary/aromatic N) is 1. The summed E-state index contributed by atoms with van der Waals surface area (Å²) in [6.07, 6.45) is 6.65. The van der Waals surface area contributed by atoms with Crippen molar-refractivity contribution in [2.45, 2.75) is 80.9 Å². The Bertz CT molecular complexity index is 697. The number of hydrogen-bond donors (Lipinski definition) is 2. The van der Waals surface area contributed by atoms with Crippen molar-refractivity contribution in [1.29, 1.82) is 0 Å². The van der Waals surface area contributed by atoms with E-state index in [0.29, 0.717) is 13.0 Å². The second kappa shape index (κ2) is 8.69. The van der Waals surface area contributed by atoms with Crippen LogP contribution in [0, 0.1) is 17.8 Å². The zero-order valence-electron chi connectivity index (χ0n) is 18.0. The maximum absolute atomic E-state index is 13.6. The lowest BCUT2D eigenvalue weighted by atomic mass is 9.66. The summed E-state index contributed by atoms with van der Waals surface area (Å²) >= 11 is 1.67. The van der Waals surface area contributed by atoms with E-state index in [1.54, 1.807) is 23.6 Å². The highest BCUT2D eigenvalue weighted by atomic mass is 32.2. The lowest BCUT2D eigenvalue weighted by Gasteiger charge is -2.39. The summed E-state index contributed by atoms with van der Waals surface area (Å²) in [5, 5.41) is 12.6. The second-order valence-corrected chi connectivity index (χ2v) is 10.8. The number of aliphatic hydroxyl groups is 1. The van der Waals surface area contributed by atoms with E-state index in [9.17, 15) is 19.5 Å². The third kappa shape index (κ3) is 3.34. The Morgan fingerprint density at radius 2 is 2.03 bits per heavy atom. The van der Waals surface area contributed by atoms with Crippen LogP contribution in [0.15, 0.2) is 0 Å². The molecule has 3 heterocycles. The number of hydrogen-bond acceptors (Lipinski definition) is 6. The number of amides is 2. The molecule has 2 N–H and O–H groups in total. The lowest BCUT2D eigenvalue weighted by Crippen LogP contribution is -2.57. The summed E-state index contributed by atoms with van der Waals surface area (Å²) in [6.45, 7) is 4.48. The fourth-order valence-corrected chi connectivity index (χ4v) is 8.74. The number of nitrogens with one attached hydrogen (secondary N) is 1. The molecule has 3 aliphatic heterocycles. The molecule has 8 heteroatoms. The van der Waals surface area contributed by atoms with Crippen LogP contribution in [0.25, 0.3) is 0 Å². The highest BCUT2D eigenvalue weighted by Gasteiger charge is 2.76. The molecule has 3 unspecified atom stereocenters. The molecule has 6 atom stereocenters. The van der Waals surface area contributed by atoms with Crippen molar-refractivity contribution in [2.75, 3.05) is 19.8 Å². The quantitative estimate of drug-likeness (QED) is 0.588. The van der Waals surface area contributed by atoms with Gasteiger partial charge in [0.15, 0.2) is 0 Å². The highest BCUT2D eigenvalue weighted by Crippen LogP contribution is 2.68. The van der Waals surface area contributed by atoms with Crippen molar-refractivity contribution < 1.29 is 24.2 Å². The summed E-state index contributed by atoms with van der Waals surface area (Å²) in [4.78, 5) is 41.7. The zero-order chi connectivity index (χ0) is 21.5. The van der Waals surface area contributed by atoms with Gasteiger partial charge >= 0.3 is 5.97 Å². The molecule has 30 heavy (non-hydrogen) atoms. The van der Waals surface area contributed by atoms with Crippen molar-refractivity contribution in [3.8, 4) is 0 Å². The number of ether oxygens (including phenoxy) is 1.